The first-order chi connectivity index (χ1) is 15.1. The molecule has 0 saturated heterocycles. The van der Waals surface area contributed by atoms with Crippen molar-refractivity contribution in [1.29, 1.82) is 0 Å². The van der Waals surface area contributed by atoms with E-state index in [9.17, 15) is 14.0 Å². The SMILES string of the molecule is O=C(C1CC1)N(CC(=O)N1CCc2sccc2[C@H]1COc1ccc(F)cc1)CC1CC1. The summed E-state index contributed by atoms with van der Waals surface area (Å²) in [5.41, 5.74) is 1.12. The van der Waals surface area contributed by atoms with E-state index in [0.29, 0.717) is 31.4 Å². The second-order valence-electron chi connectivity index (χ2n) is 8.85. The average molecular weight is 443 g/mol. The van der Waals surface area contributed by atoms with E-state index >= 15 is 0 Å². The van der Waals surface area contributed by atoms with Gasteiger partial charge in [0.1, 0.15) is 18.2 Å². The molecule has 1 aromatic carbocycles. The number of benzene rings is 1. The Balaban J connectivity index is 1.31. The van der Waals surface area contributed by atoms with Crippen LogP contribution < -0.4 is 4.74 Å². The third-order valence-electron chi connectivity index (χ3n) is 6.38. The van der Waals surface area contributed by atoms with Crippen molar-refractivity contribution in [3.63, 3.8) is 0 Å². The summed E-state index contributed by atoms with van der Waals surface area (Å²) in [6.07, 6.45) is 5.02. The lowest BCUT2D eigenvalue weighted by Crippen LogP contribution is -2.48. The summed E-state index contributed by atoms with van der Waals surface area (Å²) in [7, 11) is 0. The van der Waals surface area contributed by atoms with Gasteiger partial charge in [0.05, 0.1) is 12.6 Å². The van der Waals surface area contributed by atoms with Crippen LogP contribution in [0.25, 0.3) is 0 Å². The minimum Gasteiger partial charge on any atom is -0.491 e. The first-order valence-electron chi connectivity index (χ1n) is 11.1. The minimum atomic E-state index is -0.307. The Hall–Kier alpha value is -2.41. The van der Waals surface area contributed by atoms with Crippen LogP contribution in [0.3, 0.4) is 0 Å². The molecule has 0 N–H and O–H groups in total. The topological polar surface area (TPSA) is 49.9 Å². The van der Waals surface area contributed by atoms with Gasteiger partial charge in [-0.15, -0.1) is 11.3 Å². The number of hydrogen-bond acceptors (Lipinski definition) is 4. The smallest absolute Gasteiger partial charge is 0.242 e. The summed E-state index contributed by atoms with van der Waals surface area (Å²) in [6, 6.07) is 7.80. The molecule has 2 aliphatic carbocycles. The van der Waals surface area contributed by atoms with Gasteiger partial charge in [-0.3, -0.25) is 9.59 Å². The van der Waals surface area contributed by atoms with E-state index in [1.165, 1.54) is 17.0 Å². The molecule has 2 saturated carbocycles. The van der Waals surface area contributed by atoms with Gasteiger partial charge in [0.2, 0.25) is 11.8 Å². The Bertz CT molecular complexity index is 952. The van der Waals surface area contributed by atoms with E-state index in [2.05, 4.69) is 11.4 Å². The van der Waals surface area contributed by atoms with Gasteiger partial charge in [-0.2, -0.15) is 0 Å². The summed E-state index contributed by atoms with van der Waals surface area (Å²) in [4.78, 5) is 31.1. The molecule has 3 aliphatic rings. The zero-order valence-electron chi connectivity index (χ0n) is 17.5. The lowest BCUT2D eigenvalue weighted by atomic mass is 10.0. The lowest BCUT2D eigenvalue weighted by molar-refractivity contribution is -0.143. The number of rotatable bonds is 8. The number of nitrogens with zero attached hydrogens (tertiary/aromatic N) is 2. The van der Waals surface area contributed by atoms with Crippen LogP contribution in [0, 0.1) is 17.7 Å². The van der Waals surface area contributed by atoms with Crippen molar-refractivity contribution in [3.8, 4) is 5.75 Å². The number of thiophene rings is 1. The van der Waals surface area contributed by atoms with Gasteiger partial charge >= 0.3 is 0 Å². The molecule has 1 aromatic heterocycles. The van der Waals surface area contributed by atoms with Crippen molar-refractivity contribution < 1.29 is 18.7 Å². The molecule has 2 amide bonds. The summed E-state index contributed by atoms with van der Waals surface area (Å²) in [5, 5.41) is 2.06. The maximum absolute atomic E-state index is 13.4. The van der Waals surface area contributed by atoms with Crippen molar-refractivity contribution in [3.05, 3.63) is 52.0 Å². The van der Waals surface area contributed by atoms with Gasteiger partial charge < -0.3 is 14.5 Å². The maximum Gasteiger partial charge on any atom is 0.242 e. The number of ether oxygens (including phenoxy) is 1. The Morgan fingerprint density at radius 3 is 2.61 bits per heavy atom. The lowest BCUT2D eigenvalue weighted by Gasteiger charge is -2.37. The molecule has 2 aromatic rings. The molecule has 164 valence electrons. The van der Waals surface area contributed by atoms with Gasteiger partial charge in [0.25, 0.3) is 0 Å². The zero-order chi connectivity index (χ0) is 21.4. The van der Waals surface area contributed by atoms with Crippen LogP contribution in [-0.2, 0) is 16.0 Å². The quantitative estimate of drug-likeness (QED) is 0.620. The predicted octanol–water partition coefficient (Wildman–Crippen LogP) is 4.04. The van der Waals surface area contributed by atoms with Gasteiger partial charge in [0, 0.05) is 23.9 Å². The Kier molecular flexibility index (Phi) is 5.69. The molecule has 5 nitrogen and oxygen atoms in total. The number of halogens is 1. The largest absolute Gasteiger partial charge is 0.491 e. The molecule has 5 rings (SSSR count). The fraction of sp³-hybridized carbons (Fsp3) is 0.500. The van der Waals surface area contributed by atoms with Crippen molar-refractivity contribution in [2.45, 2.75) is 38.1 Å². The Labute approximate surface area is 185 Å². The summed E-state index contributed by atoms with van der Waals surface area (Å²) in [6.45, 7) is 1.78. The van der Waals surface area contributed by atoms with Crippen molar-refractivity contribution in [2.75, 3.05) is 26.2 Å². The molecule has 31 heavy (non-hydrogen) atoms. The first kappa shape index (κ1) is 20.5. The van der Waals surface area contributed by atoms with Gasteiger partial charge in [0.15, 0.2) is 0 Å². The molecule has 0 radical (unpaired) electrons. The second-order valence-corrected chi connectivity index (χ2v) is 9.85. The molecule has 2 heterocycles. The highest BCUT2D eigenvalue weighted by molar-refractivity contribution is 7.10. The summed E-state index contributed by atoms with van der Waals surface area (Å²) >= 11 is 1.71. The Morgan fingerprint density at radius 2 is 1.90 bits per heavy atom. The van der Waals surface area contributed by atoms with Crippen LogP contribution in [0.4, 0.5) is 4.39 Å². The molecule has 0 bridgehead atoms. The molecular formula is C24H27FN2O3S. The van der Waals surface area contributed by atoms with E-state index in [-0.39, 0.29) is 36.1 Å². The number of carbonyl (C=O) groups is 2. The van der Waals surface area contributed by atoms with E-state index in [1.807, 2.05) is 4.90 Å². The Morgan fingerprint density at radius 1 is 1.13 bits per heavy atom. The van der Waals surface area contributed by atoms with E-state index in [1.54, 1.807) is 28.4 Å². The third-order valence-corrected chi connectivity index (χ3v) is 7.37. The van der Waals surface area contributed by atoms with Crippen LogP contribution in [0.2, 0.25) is 0 Å². The van der Waals surface area contributed by atoms with E-state index in [4.69, 9.17) is 4.74 Å². The number of hydrogen-bond donors (Lipinski definition) is 0. The first-order valence-corrected chi connectivity index (χ1v) is 12.0. The fourth-order valence-corrected chi connectivity index (χ4v) is 5.20. The van der Waals surface area contributed by atoms with Crippen LogP contribution in [0.15, 0.2) is 35.7 Å². The molecule has 2 fully saturated rings. The molecule has 0 spiro atoms. The minimum absolute atomic E-state index is 0.0146. The zero-order valence-corrected chi connectivity index (χ0v) is 18.3. The van der Waals surface area contributed by atoms with Gasteiger partial charge in [-0.1, -0.05) is 0 Å². The fourth-order valence-electron chi connectivity index (χ4n) is 4.27. The molecule has 1 atom stereocenters. The third kappa shape index (κ3) is 4.76. The monoisotopic (exact) mass is 442 g/mol. The average Bonchev–Trinajstić information content (AvgIpc) is 3.70. The highest BCUT2D eigenvalue weighted by Gasteiger charge is 2.39. The van der Waals surface area contributed by atoms with Crippen LogP contribution in [0.1, 0.15) is 42.2 Å². The summed E-state index contributed by atoms with van der Waals surface area (Å²) in [5.74, 6) is 1.08. The van der Waals surface area contributed by atoms with E-state index in [0.717, 1.165) is 37.7 Å². The number of carbonyl (C=O) groups excluding carboxylic acids is 2. The van der Waals surface area contributed by atoms with E-state index < -0.39 is 0 Å². The standard InChI is InChI=1S/C24H27FN2O3S/c25-18-5-7-19(8-6-18)30-15-21-20-10-12-31-22(20)9-11-27(21)23(28)14-26(13-16-1-2-16)24(29)17-3-4-17/h5-8,10,12,16-17,21H,1-4,9,11,13-15H2/t21-/m1/s1. The van der Waals surface area contributed by atoms with Crippen LogP contribution >= 0.6 is 11.3 Å². The van der Waals surface area contributed by atoms with Gasteiger partial charge in [-0.25, -0.2) is 4.39 Å². The summed E-state index contributed by atoms with van der Waals surface area (Å²) < 4.78 is 19.2. The van der Waals surface area contributed by atoms with Crippen molar-refractivity contribution in [1.82, 2.24) is 9.80 Å². The molecule has 1 aliphatic heterocycles. The van der Waals surface area contributed by atoms with Crippen molar-refractivity contribution in [2.24, 2.45) is 11.8 Å². The van der Waals surface area contributed by atoms with Crippen molar-refractivity contribution >= 4 is 23.2 Å². The molecule has 0 unspecified atom stereocenters. The molecular weight excluding hydrogens is 415 g/mol. The second kappa shape index (κ2) is 8.61. The number of amides is 2. The highest BCUT2D eigenvalue weighted by Crippen LogP contribution is 2.36. The van der Waals surface area contributed by atoms with Crippen LogP contribution in [0.5, 0.6) is 5.75 Å². The maximum atomic E-state index is 13.4. The number of fused-ring (bicyclic) bond motifs is 1. The predicted molar refractivity (Wildman–Crippen MR) is 116 cm³/mol. The highest BCUT2D eigenvalue weighted by atomic mass is 32.1. The van der Waals surface area contributed by atoms with Gasteiger partial charge in [-0.05, 0) is 79.3 Å². The normalized spacial score (nSPS) is 20.3. The van der Waals surface area contributed by atoms with Crippen LogP contribution in [-0.4, -0.2) is 47.9 Å². The molecule has 7 heteroatoms.